The summed E-state index contributed by atoms with van der Waals surface area (Å²) in [6.07, 6.45) is 18.9. The van der Waals surface area contributed by atoms with Crippen molar-refractivity contribution in [3.8, 4) is 0 Å². The lowest BCUT2D eigenvalue weighted by atomic mass is 9.90. The number of rotatable bonds is 9. The smallest absolute Gasteiger partial charge is 0.290 e. The molecular weight excluding hydrogens is 450 g/mol. The number of nitrogens with zero attached hydrogens (tertiary/aromatic N) is 4. The van der Waals surface area contributed by atoms with E-state index < -0.39 is 0 Å². The molecule has 3 N–H and O–H groups in total. The van der Waals surface area contributed by atoms with Crippen molar-refractivity contribution >= 4 is 5.91 Å². The summed E-state index contributed by atoms with van der Waals surface area (Å²) in [5.74, 6) is 0.941. The minimum absolute atomic E-state index is 0.144. The van der Waals surface area contributed by atoms with Crippen LogP contribution >= 0.6 is 0 Å². The fraction of sp³-hybridized carbons (Fsp3) is 0.464. The molecule has 3 heterocycles. The Kier molecular flexibility index (Phi) is 8.25. The van der Waals surface area contributed by atoms with Gasteiger partial charge in [-0.25, -0.2) is 9.97 Å². The highest BCUT2D eigenvalue weighted by Crippen LogP contribution is 2.25. The number of aromatic nitrogens is 4. The van der Waals surface area contributed by atoms with Crippen molar-refractivity contribution < 1.29 is 4.79 Å². The van der Waals surface area contributed by atoms with E-state index in [2.05, 4.69) is 66.6 Å². The van der Waals surface area contributed by atoms with Crippen molar-refractivity contribution in [2.24, 2.45) is 0 Å². The largest absolute Gasteiger partial charge is 0.347 e. The van der Waals surface area contributed by atoms with Gasteiger partial charge >= 0.3 is 0 Å². The molecule has 3 aromatic rings. The number of benzene rings is 1. The second-order valence-electron chi connectivity index (χ2n) is 9.92. The van der Waals surface area contributed by atoms with Gasteiger partial charge in [0.1, 0.15) is 5.82 Å². The Morgan fingerprint density at radius 3 is 2.28 bits per heavy atom. The number of aromatic amines is 2. The van der Waals surface area contributed by atoms with Crippen LogP contribution in [-0.2, 0) is 19.6 Å². The van der Waals surface area contributed by atoms with Crippen molar-refractivity contribution in [2.75, 3.05) is 13.1 Å². The minimum atomic E-state index is -0.144. The van der Waals surface area contributed by atoms with E-state index in [0.717, 1.165) is 24.0 Å². The molecule has 0 radical (unpaired) electrons. The quantitative estimate of drug-likeness (QED) is 0.396. The van der Waals surface area contributed by atoms with Crippen molar-refractivity contribution in [1.29, 1.82) is 0 Å². The van der Waals surface area contributed by atoms with Crippen LogP contribution in [0.1, 0.15) is 66.1 Å². The van der Waals surface area contributed by atoms with Gasteiger partial charge in [0.05, 0.1) is 6.54 Å². The van der Waals surface area contributed by atoms with Gasteiger partial charge in [0, 0.05) is 63.1 Å². The average molecular weight is 488 g/mol. The van der Waals surface area contributed by atoms with E-state index in [0.29, 0.717) is 25.0 Å². The van der Waals surface area contributed by atoms with Crippen LogP contribution in [0, 0.1) is 0 Å². The summed E-state index contributed by atoms with van der Waals surface area (Å²) in [6.45, 7) is 4.20. The van der Waals surface area contributed by atoms with Gasteiger partial charge in [-0.2, -0.15) is 0 Å². The summed E-state index contributed by atoms with van der Waals surface area (Å²) in [6, 6.07) is 9.93. The van der Waals surface area contributed by atoms with Crippen LogP contribution < -0.4 is 5.32 Å². The summed E-state index contributed by atoms with van der Waals surface area (Å²) in [4.78, 5) is 31.9. The Bertz CT molecular complexity index is 1070. The first-order valence-corrected chi connectivity index (χ1v) is 13.2. The van der Waals surface area contributed by atoms with Crippen LogP contribution in [0.2, 0.25) is 0 Å². The molecule has 190 valence electrons. The first-order chi connectivity index (χ1) is 17.7. The molecule has 2 aliphatic rings. The molecule has 8 nitrogen and oxygen atoms in total. The molecule has 1 aliphatic carbocycles. The molecule has 1 aromatic carbocycles. The Hall–Kier alpha value is -3.23. The molecule has 5 rings (SSSR count). The van der Waals surface area contributed by atoms with E-state index in [1.54, 1.807) is 29.7 Å². The second kappa shape index (κ2) is 12.1. The molecular formula is C28H37N7O. The fourth-order valence-electron chi connectivity index (χ4n) is 5.38. The average Bonchev–Trinajstić information content (AvgIpc) is 3.58. The third-order valence-corrected chi connectivity index (χ3v) is 7.42. The monoisotopic (exact) mass is 487 g/mol. The number of hydrogen-bond acceptors (Lipinski definition) is 5. The van der Waals surface area contributed by atoms with Crippen LogP contribution in [0.15, 0.2) is 61.2 Å². The Labute approximate surface area is 213 Å². The highest BCUT2D eigenvalue weighted by Gasteiger charge is 2.25. The molecule has 1 aliphatic heterocycles. The van der Waals surface area contributed by atoms with Gasteiger partial charge in [0.2, 0.25) is 0 Å². The first kappa shape index (κ1) is 24.5. The summed E-state index contributed by atoms with van der Waals surface area (Å²) in [5.41, 5.74) is 2.35. The highest BCUT2D eigenvalue weighted by molar-refractivity contribution is 5.90. The van der Waals surface area contributed by atoms with E-state index in [-0.39, 0.29) is 5.91 Å². The maximum absolute atomic E-state index is 13.0. The SMILES string of the molecule is O=C(c1ncc[nH]1)N(Cc1ccc(CNC2CCC(N3CCC=CCC3)CC2)cc1)Cc1ncc[nH]1. The number of hydrogen-bond donors (Lipinski definition) is 3. The van der Waals surface area contributed by atoms with E-state index in [9.17, 15) is 4.79 Å². The predicted octanol–water partition coefficient (Wildman–Crippen LogP) is 4.03. The molecule has 36 heavy (non-hydrogen) atoms. The van der Waals surface area contributed by atoms with Crippen LogP contribution in [-0.4, -0.2) is 60.8 Å². The number of carbonyl (C=O) groups excluding carboxylic acids is 1. The van der Waals surface area contributed by atoms with Gasteiger partial charge in [-0.05, 0) is 49.7 Å². The van der Waals surface area contributed by atoms with Crippen LogP contribution in [0.25, 0.3) is 0 Å². The Balaban J connectivity index is 1.11. The Morgan fingerprint density at radius 2 is 1.61 bits per heavy atom. The molecule has 1 fully saturated rings. The highest BCUT2D eigenvalue weighted by atomic mass is 16.2. The van der Waals surface area contributed by atoms with Crippen molar-refractivity contribution in [2.45, 2.75) is 70.2 Å². The summed E-state index contributed by atoms with van der Waals surface area (Å²) in [5, 5.41) is 3.78. The number of imidazole rings is 2. The molecule has 8 heteroatoms. The van der Waals surface area contributed by atoms with Crippen LogP contribution in [0.3, 0.4) is 0 Å². The maximum Gasteiger partial charge on any atom is 0.290 e. The number of amides is 1. The van der Waals surface area contributed by atoms with E-state index in [4.69, 9.17) is 0 Å². The van der Waals surface area contributed by atoms with Crippen LogP contribution in [0.4, 0.5) is 0 Å². The minimum Gasteiger partial charge on any atom is -0.347 e. The number of H-pyrrole nitrogens is 2. The third-order valence-electron chi connectivity index (χ3n) is 7.42. The van der Waals surface area contributed by atoms with Gasteiger partial charge in [0.15, 0.2) is 5.82 Å². The molecule has 0 saturated heterocycles. The Morgan fingerprint density at radius 1 is 0.917 bits per heavy atom. The summed E-state index contributed by atoms with van der Waals surface area (Å²) in [7, 11) is 0. The lowest BCUT2D eigenvalue weighted by Gasteiger charge is -2.36. The zero-order valence-electron chi connectivity index (χ0n) is 20.9. The van der Waals surface area contributed by atoms with Crippen molar-refractivity contribution in [1.82, 2.24) is 35.1 Å². The van der Waals surface area contributed by atoms with Crippen molar-refractivity contribution in [3.63, 3.8) is 0 Å². The molecule has 0 spiro atoms. The lowest BCUT2D eigenvalue weighted by molar-refractivity contribution is 0.0714. The molecule has 0 bridgehead atoms. The van der Waals surface area contributed by atoms with Gasteiger partial charge in [-0.15, -0.1) is 0 Å². The molecule has 0 atom stereocenters. The van der Waals surface area contributed by atoms with Gasteiger partial charge < -0.3 is 20.2 Å². The van der Waals surface area contributed by atoms with E-state index in [1.165, 1.54) is 57.2 Å². The normalized spacial score (nSPS) is 20.8. The number of nitrogens with one attached hydrogen (secondary N) is 3. The van der Waals surface area contributed by atoms with Crippen molar-refractivity contribution in [3.05, 3.63) is 84.0 Å². The van der Waals surface area contributed by atoms with E-state index >= 15 is 0 Å². The molecule has 2 aromatic heterocycles. The van der Waals surface area contributed by atoms with Crippen LogP contribution in [0.5, 0.6) is 0 Å². The lowest BCUT2D eigenvalue weighted by Crippen LogP contribution is -2.42. The molecule has 1 saturated carbocycles. The van der Waals surface area contributed by atoms with Gasteiger partial charge in [-0.3, -0.25) is 9.69 Å². The fourth-order valence-corrected chi connectivity index (χ4v) is 5.38. The predicted molar refractivity (Wildman–Crippen MR) is 140 cm³/mol. The standard InChI is InChI=1S/C28H37N7O/c36-28(27-31-15-16-32-27)35(21-26-29-13-14-30-26)20-23-7-5-22(6-8-23)19-33-24-9-11-25(12-10-24)34-17-3-1-2-4-18-34/h1-2,5-8,13-16,24-25,33H,3-4,9-12,17-21H2,(H,29,30)(H,31,32). The van der Waals surface area contributed by atoms with Gasteiger partial charge in [-0.1, -0.05) is 36.4 Å². The first-order valence-electron chi connectivity index (χ1n) is 13.2. The maximum atomic E-state index is 13.0. The molecule has 1 amide bonds. The summed E-state index contributed by atoms with van der Waals surface area (Å²) >= 11 is 0. The summed E-state index contributed by atoms with van der Waals surface area (Å²) < 4.78 is 0. The third kappa shape index (κ3) is 6.50. The van der Waals surface area contributed by atoms with Gasteiger partial charge in [0.25, 0.3) is 5.91 Å². The number of carbonyl (C=O) groups is 1. The topological polar surface area (TPSA) is 92.9 Å². The van der Waals surface area contributed by atoms with E-state index in [1.807, 2.05) is 0 Å². The zero-order valence-corrected chi connectivity index (χ0v) is 20.9. The second-order valence-corrected chi connectivity index (χ2v) is 9.92. The molecule has 0 unspecified atom stereocenters. The zero-order chi connectivity index (χ0) is 24.6.